The van der Waals surface area contributed by atoms with E-state index >= 15 is 0 Å². The van der Waals surface area contributed by atoms with E-state index in [2.05, 4.69) is 170 Å². The van der Waals surface area contributed by atoms with Crippen molar-refractivity contribution in [3.8, 4) is 11.1 Å². The number of benzene rings is 8. The molecule has 3 heteroatoms. The SMILES string of the molecule is CC1(C)c2ccccc2-c2c(N(c3ccc4oc5c6ccccc6ccc5c4c3)c3cccc4c3oc3c5ccccc5ccc43)cccc21. The van der Waals surface area contributed by atoms with E-state index in [0.29, 0.717) is 0 Å². The molecular weight excluding hydrogens is 611 g/mol. The van der Waals surface area contributed by atoms with Crippen LogP contribution in [0.25, 0.3) is 76.5 Å². The van der Waals surface area contributed by atoms with Crippen molar-refractivity contribution in [1.82, 2.24) is 0 Å². The predicted octanol–water partition coefficient (Wildman–Crippen LogP) is 13.6. The molecule has 0 amide bonds. The third kappa shape index (κ3) is 3.64. The molecule has 0 radical (unpaired) electrons. The van der Waals surface area contributed by atoms with Crippen molar-refractivity contribution < 1.29 is 8.83 Å². The molecule has 50 heavy (non-hydrogen) atoms. The molecule has 0 spiro atoms. The maximum Gasteiger partial charge on any atom is 0.159 e. The molecule has 1 aliphatic rings. The molecular formula is C47H31NO2. The van der Waals surface area contributed by atoms with Crippen molar-refractivity contribution in [3.05, 3.63) is 163 Å². The molecule has 236 valence electrons. The molecule has 3 nitrogen and oxygen atoms in total. The number of para-hydroxylation sites is 1. The van der Waals surface area contributed by atoms with Crippen LogP contribution >= 0.6 is 0 Å². The first kappa shape index (κ1) is 27.6. The van der Waals surface area contributed by atoms with Crippen LogP contribution in [-0.2, 0) is 5.41 Å². The Balaban J connectivity index is 1.24. The molecule has 11 rings (SSSR count). The fourth-order valence-electron chi connectivity index (χ4n) is 8.65. The number of furan rings is 2. The average molecular weight is 642 g/mol. The number of anilines is 3. The summed E-state index contributed by atoms with van der Waals surface area (Å²) in [4.78, 5) is 2.41. The van der Waals surface area contributed by atoms with Crippen molar-refractivity contribution in [2.75, 3.05) is 4.90 Å². The van der Waals surface area contributed by atoms with Crippen LogP contribution in [0, 0.1) is 0 Å². The molecule has 2 aromatic heterocycles. The third-order valence-corrected chi connectivity index (χ3v) is 11.0. The minimum Gasteiger partial charge on any atom is -0.455 e. The zero-order valence-corrected chi connectivity index (χ0v) is 27.7. The van der Waals surface area contributed by atoms with Crippen molar-refractivity contribution in [3.63, 3.8) is 0 Å². The lowest BCUT2D eigenvalue weighted by Gasteiger charge is -2.29. The van der Waals surface area contributed by atoms with Crippen LogP contribution in [0.3, 0.4) is 0 Å². The maximum atomic E-state index is 6.98. The van der Waals surface area contributed by atoms with E-state index in [-0.39, 0.29) is 5.41 Å². The first-order valence-corrected chi connectivity index (χ1v) is 17.3. The number of hydrogen-bond donors (Lipinski definition) is 0. The van der Waals surface area contributed by atoms with Crippen LogP contribution < -0.4 is 4.90 Å². The highest BCUT2D eigenvalue weighted by atomic mass is 16.3. The second kappa shape index (κ2) is 9.87. The van der Waals surface area contributed by atoms with E-state index in [1.165, 1.54) is 33.0 Å². The van der Waals surface area contributed by atoms with Gasteiger partial charge in [0.25, 0.3) is 0 Å². The lowest BCUT2D eigenvalue weighted by molar-refractivity contribution is 0.660. The summed E-state index contributed by atoms with van der Waals surface area (Å²) < 4.78 is 13.6. The van der Waals surface area contributed by atoms with E-state index in [1.807, 2.05) is 0 Å². The van der Waals surface area contributed by atoms with E-state index in [0.717, 1.165) is 71.7 Å². The first-order chi connectivity index (χ1) is 24.6. The van der Waals surface area contributed by atoms with Crippen LogP contribution in [-0.4, -0.2) is 0 Å². The molecule has 1 aliphatic carbocycles. The minimum atomic E-state index is -0.135. The van der Waals surface area contributed by atoms with Crippen molar-refractivity contribution in [2.24, 2.45) is 0 Å². The monoisotopic (exact) mass is 641 g/mol. The molecule has 10 aromatic rings. The standard InChI is InChI=1S/C47H31NO2/c1-47(2)38-17-8-7-15-36(38)43-39(47)18-10-19-40(43)48(30-23-26-42-37(27-30)35-25-22-28-11-3-5-13-31(28)44(35)49-42)41-20-9-16-33-34-24-21-29-12-4-6-14-32(29)45(34)50-46(33)41/h3-27H,1-2H3. The Morgan fingerprint density at radius 2 is 1.04 bits per heavy atom. The molecule has 0 aliphatic heterocycles. The van der Waals surface area contributed by atoms with Gasteiger partial charge in [0, 0.05) is 49.0 Å². The summed E-state index contributed by atoms with van der Waals surface area (Å²) in [5, 5.41) is 9.00. The molecule has 0 atom stereocenters. The van der Waals surface area contributed by atoms with Gasteiger partial charge in [-0.2, -0.15) is 0 Å². The zero-order valence-electron chi connectivity index (χ0n) is 27.7. The molecule has 8 aromatic carbocycles. The number of hydrogen-bond acceptors (Lipinski definition) is 3. The molecule has 2 heterocycles. The van der Waals surface area contributed by atoms with Gasteiger partial charge in [0.15, 0.2) is 5.58 Å². The first-order valence-electron chi connectivity index (χ1n) is 17.3. The zero-order chi connectivity index (χ0) is 33.1. The van der Waals surface area contributed by atoms with Gasteiger partial charge in [0.2, 0.25) is 0 Å². The summed E-state index contributed by atoms with van der Waals surface area (Å²) in [6.45, 7) is 4.68. The van der Waals surface area contributed by atoms with Crippen molar-refractivity contribution >= 4 is 82.5 Å². The summed E-state index contributed by atoms with van der Waals surface area (Å²) in [6, 6.07) is 54.5. The molecule has 0 unspecified atom stereocenters. The van der Waals surface area contributed by atoms with Gasteiger partial charge in [-0.25, -0.2) is 0 Å². The summed E-state index contributed by atoms with van der Waals surface area (Å²) in [7, 11) is 0. The Labute approximate surface area is 288 Å². The topological polar surface area (TPSA) is 29.5 Å². The van der Waals surface area contributed by atoms with E-state index in [1.54, 1.807) is 0 Å². The normalized spacial score (nSPS) is 13.6. The Bertz CT molecular complexity index is 3030. The fourth-order valence-corrected chi connectivity index (χ4v) is 8.65. The second-order valence-corrected chi connectivity index (χ2v) is 14.1. The van der Waals surface area contributed by atoms with Crippen LogP contribution in [0.15, 0.2) is 160 Å². The molecule has 0 saturated heterocycles. The van der Waals surface area contributed by atoms with Crippen molar-refractivity contribution in [2.45, 2.75) is 19.3 Å². The lowest BCUT2D eigenvalue weighted by atomic mass is 9.82. The van der Waals surface area contributed by atoms with Gasteiger partial charge in [-0.15, -0.1) is 0 Å². The highest BCUT2D eigenvalue weighted by molar-refractivity contribution is 6.19. The van der Waals surface area contributed by atoms with Gasteiger partial charge in [0.05, 0.1) is 11.4 Å². The Hall–Kier alpha value is -6.32. The molecule has 0 N–H and O–H groups in total. The van der Waals surface area contributed by atoms with Crippen molar-refractivity contribution in [1.29, 1.82) is 0 Å². The van der Waals surface area contributed by atoms with Crippen LogP contribution in [0.2, 0.25) is 0 Å². The Kier molecular flexibility index (Phi) is 5.45. The van der Waals surface area contributed by atoms with Crippen LogP contribution in [0.4, 0.5) is 17.1 Å². The van der Waals surface area contributed by atoms with Gasteiger partial charge >= 0.3 is 0 Å². The highest BCUT2D eigenvalue weighted by Crippen LogP contribution is 2.55. The summed E-state index contributed by atoms with van der Waals surface area (Å²) >= 11 is 0. The predicted molar refractivity (Wildman–Crippen MR) is 208 cm³/mol. The third-order valence-electron chi connectivity index (χ3n) is 11.0. The van der Waals surface area contributed by atoms with Gasteiger partial charge in [-0.05, 0) is 69.9 Å². The second-order valence-electron chi connectivity index (χ2n) is 14.1. The number of nitrogens with zero attached hydrogens (tertiary/aromatic N) is 1. The minimum absolute atomic E-state index is 0.135. The lowest BCUT2D eigenvalue weighted by Crippen LogP contribution is -2.16. The van der Waals surface area contributed by atoms with Crippen LogP contribution in [0.5, 0.6) is 0 Å². The number of rotatable bonds is 3. The molecule has 0 fully saturated rings. The fraction of sp³-hybridized carbons (Fsp3) is 0.0638. The highest BCUT2D eigenvalue weighted by Gasteiger charge is 2.38. The van der Waals surface area contributed by atoms with Gasteiger partial charge < -0.3 is 13.7 Å². The largest absolute Gasteiger partial charge is 0.455 e. The Morgan fingerprint density at radius 1 is 0.440 bits per heavy atom. The smallest absolute Gasteiger partial charge is 0.159 e. The van der Waals surface area contributed by atoms with E-state index < -0.39 is 0 Å². The quantitative estimate of drug-likeness (QED) is 0.192. The molecule has 0 saturated carbocycles. The van der Waals surface area contributed by atoms with Gasteiger partial charge in [-0.1, -0.05) is 123 Å². The molecule has 0 bridgehead atoms. The van der Waals surface area contributed by atoms with E-state index in [4.69, 9.17) is 8.83 Å². The number of fused-ring (bicyclic) bond motifs is 13. The summed E-state index contributed by atoms with van der Waals surface area (Å²) in [6.07, 6.45) is 0. The van der Waals surface area contributed by atoms with Gasteiger partial charge in [0.1, 0.15) is 16.7 Å². The van der Waals surface area contributed by atoms with Gasteiger partial charge in [-0.3, -0.25) is 0 Å². The summed E-state index contributed by atoms with van der Waals surface area (Å²) in [5.74, 6) is 0. The average Bonchev–Trinajstić information content (AvgIpc) is 3.81. The summed E-state index contributed by atoms with van der Waals surface area (Å²) in [5.41, 5.74) is 11.8. The maximum absolute atomic E-state index is 6.98. The van der Waals surface area contributed by atoms with Crippen LogP contribution in [0.1, 0.15) is 25.0 Å². The van der Waals surface area contributed by atoms with E-state index in [9.17, 15) is 0 Å². The Morgan fingerprint density at radius 3 is 1.84 bits per heavy atom.